The molecule has 1 saturated heterocycles. The van der Waals surface area contributed by atoms with Crippen molar-refractivity contribution < 1.29 is 9.53 Å². The minimum atomic E-state index is -2.27. The lowest BCUT2D eigenvalue weighted by molar-refractivity contribution is 0.0235. The molecule has 0 aromatic heterocycles. The minimum absolute atomic E-state index is 0.101. The number of benzene rings is 2. The Hall–Kier alpha value is -2.11. The first kappa shape index (κ1) is 21.6. The summed E-state index contributed by atoms with van der Waals surface area (Å²) in [6.45, 7) is 14.1. The lowest BCUT2D eigenvalue weighted by Crippen LogP contribution is -2.69. The average molecular weight is 411 g/mol. The molecule has 1 aliphatic heterocycles. The van der Waals surface area contributed by atoms with Crippen molar-refractivity contribution in [2.24, 2.45) is 0 Å². The van der Waals surface area contributed by atoms with E-state index in [4.69, 9.17) is 4.74 Å². The summed E-state index contributed by atoms with van der Waals surface area (Å²) in [5, 5.41) is 2.69. The van der Waals surface area contributed by atoms with Crippen molar-refractivity contribution in [3.63, 3.8) is 0 Å². The maximum absolute atomic E-state index is 13.2. The predicted molar refractivity (Wildman–Crippen MR) is 122 cm³/mol. The second-order valence-electron chi connectivity index (χ2n) is 9.41. The van der Waals surface area contributed by atoms with Crippen molar-refractivity contribution in [3.05, 3.63) is 60.7 Å². The van der Waals surface area contributed by atoms with E-state index in [1.165, 1.54) is 10.4 Å². The summed E-state index contributed by atoms with van der Waals surface area (Å²) in [4.78, 5) is 17.6. The van der Waals surface area contributed by atoms with Crippen LogP contribution in [0, 0.1) is 0 Å². The number of ether oxygens (including phenoxy) is 1. The molecule has 1 heterocycles. The van der Waals surface area contributed by atoms with Crippen molar-refractivity contribution in [3.8, 4) is 0 Å². The van der Waals surface area contributed by atoms with E-state index in [0.717, 1.165) is 6.54 Å². The Balaban J connectivity index is 2.10. The summed E-state index contributed by atoms with van der Waals surface area (Å²) >= 11 is 0. The van der Waals surface area contributed by atoms with Crippen LogP contribution in [0.5, 0.6) is 0 Å². The van der Waals surface area contributed by atoms with Crippen molar-refractivity contribution in [1.82, 2.24) is 9.80 Å². The van der Waals surface area contributed by atoms with Crippen LogP contribution >= 0.6 is 0 Å². The van der Waals surface area contributed by atoms with E-state index in [9.17, 15) is 4.79 Å². The number of hydrogen-bond acceptors (Lipinski definition) is 3. The molecule has 5 heteroatoms. The van der Waals surface area contributed by atoms with Gasteiger partial charge in [-0.05, 0) is 34.6 Å². The molecule has 1 unspecified atom stereocenters. The topological polar surface area (TPSA) is 32.8 Å². The van der Waals surface area contributed by atoms with Gasteiger partial charge in [-0.15, -0.1) is 0 Å². The Morgan fingerprint density at radius 3 is 1.90 bits per heavy atom. The first-order valence-corrected chi connectivity index (χ1v) is 13.1. The van der Waals surface area contributed by atoms with Gasteiger partial charge < -0.3 is 4.74 Å². The number of carbonyl (C=O) groups excluding carboxylic acids is 1. The van der Waals surface area contributed by atoms with Gasteiger partial charge in [-0.25, -0.2) is 4.79 Å². The van der Waals surface area contributed by atoms with E-state index in [-0.39, 0.29) is 11.8 Å². The molecule has 1 fully saturated rings. The molecule has 0 spiro atoms. The zero-order valence-electron chi connectivity index (χ0n) is 18.6. The van der Waals surface area contributed by atoms with Crippen molar-refractivity contribution in [2.45, 2.75) is 58.5 Å². The van der Waals surface area contributed by atoms with Crippen LogP contribution in [-0.2, 0) is 4.74 Å². The Labute approximate surface area is 176 Å². The third-order valence-electron chi connectivity index (χ3n) is 5.89. The SMILES string of the molecule is CC(C)N1CC([Si](C)(c2ccccc2)c2ccccc2)N(C(=O)OC(C)(C)C)C1. The summed E-state index contributed by atoms with van der Waals surface area (Å²) in [5.74, 6) is 0. The van der Waals surface area contributed by atoms with Crippen molar-refractivity contribution in [2.75, 3.05) is 13.2 Å². The van der Waals surface area contributed by atoms with Gasteiger partial charge >= 0.3 is 6.09 Å². The van der Waals surface area contributed by atoms with Crippen LogP contribution in [0.4, 0.5) is 4.79 Å². The number of amides is 1. The van der Waals surface area contributed by atoms with Gasteiger partial charge in [-0.2, -0.15) is 0 Å². The molecular formula is C24H34N2O2Si. The van der Waals surface area contributed by atoms with Gasteiger partial charge in [0.2, 0.25) is 0 Å². The standard InChI is InChI=1S/C24H34N2O2Si/c1-19(2)25-17-22(26(18-25)23(27)28-24(3,4)5)29(6,20-13-9-7-10-14-20)21-15-11-8-12-16-21/h7-16,19,22H,17-18H2,1-6H3. The number of carbonyl (C=O) groups is 1. The first-order chi connectivity index (χ1) is 13.6. The van der Waals surface area contributed by atoms with Gasteiger partial charge in [0.15, 0.2) is 0 Å². The predicted octanol–water partition coefficient (Wildman–Crippen LogP) is 3.71. The zero-order valence-corrected chi connectivity index (χ0v) is 19.6. The van der Waals surface area contributed by atoms with Crippen LogP contribution in [0.1, 0.15) is 34.6 Å². The molecule has 0 radical (unpaired) electrons. The molecular weight excluding hydrogens is 376 g/mol. The van der Waals surface area contributed by atoms with Gasteiger partial charge in [0.25, 0.3) is 0 Å². The fraction of sp³-hybridized carbons (Fsp3) is 0.458. The van der Waals surface area contributed by atoms with Gasteiger partial charge in [-0.3, -0.25) is 9.80 Å². The Kier molecular flexibility index (Phi) is 6.20. The molecule has 1 aliphatic rings. The molecule has 1 atom stereocenters. The van der Waals surface area contributed by atoms with E-state index in [0.29, 0.717) is 12.7 Å². The highest BCUT2D eigenvalue weighted by atomic mass is 28.3. The minimum Gasteiger partial charge on any atom is -0.444 e. The van der Waals surface area contributed by atoms with E-state index in [1.807, 2.05) is 25.7 Å². The summed E-state index contributed by atoms with van der Waals surface area (Å²) in [7, 11) is -2.27. The molecule has 0 N–H and O–H groups in total. The highest BCUT2D eigenvalue weighted by Crippen LogP contribution is 2.26. The molecule has 0 bridgehead atoms. The molecule has 2 aromatic rings. The van der Waals surface area contributed by atoms with Crippen LogP contribution in [0.25, 0.3) is 0 Å². The third-order valence-corrected chi connectivity index (χ3v) is 10.8. The van der Waals surface area contributed by atoms with Gasteiger partial charge in [0, 0.05) is 12.6 Å². The number of nitrogens with zero attached hydrogens (tertiary/aromatic N) is 2. The maximum Gasteiger partial charge on any atom is 0.411 e. The highest BCUT2D eigenvalue weighted by Gasteiger charge is 2.50. The average Bonchev–Trinajstić information content (AvgIpc) is 3.14. The van der Waals surface area contributed by atoms with Crippen LogP contribution < -0.4 is 10.4 Å². The highest BCUT2D eigenvalue weighted by molar-refractivity contribution is 7.02. The van der Waals surface area contributed by atoms with Crippen LogP contribution in [0.2, 0.25) is 6.55 Å². The lowest BCUT2D eigenvalue weighted by Gasteiger charge is -2.39. The van der Waals surface area contributed by atoms with E-state index < -0.39 is 13.7 Å². The summed E-state index contributed by atoms with van der Waals surface area (Å²) in [5.41, 5.74) is -0.408. The van der Waals surface area contributed by atoms with Gasteiger partial charge in [0.05, 0.1) is 12.3 Å². The molecule has 29 heavy (non-hydrogen) atoms. The van der Waals surface area contributed by atoms with Gasteiger partial charge in [0.1, 0.15) is 13.7 Å². The molecule has 156 valence electrons. The molecule has 3 rings (SSSR count). The lowest BCUT2D eigenvalue weighted by atomic mass is 10.2. The first-order valence-electron chi connectivity index (χ1n) is 10.5. The molecule has 4 nitrogen and oxygen atoms in total. The Morgan fingerprint density at radius 2 is 1.48 bits per heavy atom. The van der Waals surface area contributed by atoms with Gasteiger partial charge in [-0.1, -0.05) is 77.6 Å². The Bertz CT molecular complexity index is 778. The second kappa shape index (κ2) is 8.32. The van der Waals surface area contributed by atoms with Crippen LogP contribution in [-0.4, -0.2) is 54.5 Å². The van der Waals surface area contributed by atoms with Crippen molar-refractivity contribution in [1.29, 1.82) is 0 Å². The summed E-state index contributed by atoms with van der Waals surface area (Å²) in [6, 6.07) is 21.8. The zero-order chi connectivity index (χ0) is 21.2. The molecule has 2 aromatic carbocycles. The third kappa shape index (κ3) is 4.56. The second-order valence-corrected chi connectivity index (χ2v) is 13.6. The molecule has 0 saturated carbocycles. The number of rotatable bonds is 4. The van der Waals surface area contributed by atoms with Crippen molar-refractivity contribution >= 4 is 24.5 Å². The maximum atomic E-state index is 13.2. The molecule has 1 amide bonds. The summed E-state index contributed by atoms with van der Waals surface area (Å²) in [6.07, 6.45) is -0.212. The van der Waals surface area contributed by atoms with E-state index >= 15 is 0 Å². The normalized spacial score (nSPS) is 18.3. The fourth-order valence-corrected chi connectivity index (χ4v) is 8.45. The fourth-order valence-electron chi connectivity index (χ4n) is 4.17. The largest absolute Gasteiger partial charge is 0.444 e. The van der Waals surface area contributed by atoms with E-state index in [2.05, 4.69) is 86.0 Å². The van der Waals surface area contributed by atoms with Crippen LogP contribution in [0.3, 0.4) is 0 Å². The van der Waals surface area contributed by atoms with Crippen LogP contribution in [0.15, 0.2) is 60.7 Å². The molecule has 0 aliphatic carbocycles. The number of hydrogen-bond donors (Lipinski definition) is 0. The quantitative estimate of drug-likeness (QED) is 0.721. The smallest absolute Gasteiger partial charge is 0.411 e. The Morgan fingerprint density at radius 1 is 1.00 bits per heavy atom. The monoisotopic (exact) mass is 410 g/mol. The van der Waals surface area contributed by atoms with E-state index in [1.54, 1.807) is 0 Å². The summed E-state index contributed by atoms with van der Waals surface area (Å²) < 4.78 is 5.83.